The Hall–Kier alpha value is -3.87. The van der Waals surface area contributed by atoms with E-state index in [0.717, 1.165) is 10.8 Å². The summed E-state index contributed by atoms with van der Waals surface area (Å²) in [6.07, 6.45) is 0.637. The zero-order valence-electron chi connectivity index (χ0n) is 23.9. The molecular weight excluding hydrogens is 490 g/mol. The maximum absolute atomic E-state index is 14.2. The van der Waals surface area contributed by atoms with E-state index in [1.807, 2.05) is 93.6 Å². The minimum atomic E-state index is -0.892. The van der Waals surface area contributed by atoms with Crippen LogP contribution in [-0.2, 0) is 14.3 Å². The standard InChI is InChI=1S/C32H41N3O4/c1-7-20-35(30(37)27(22(3)8-2)34-31(38)39-32(4,5)6)28(24-15-10-9-11-16-24)29(36)33-26-19-18-23-14-12-13-17-25(23)21-26/h9-19,21-22,27-28H,7-8,20H2,1-6H3,(H,33,36)(H,34,38). The van der Waals surface area contributed by atoms with E-state index in [2.05, 4.69) is 10.6 Å². The van der Waals surface area contributed by atoms with Crippen molar-refractivity contribution in [1.82, 2.24) is 10.2 Å². The third-order valence-electron chi connectivity index (χ3n) is 6.59. The molecule has 0 heterocycles. The van der Waals surface area contributed by atoms with E-state index < -0.39 is 23.8 Å². The number of benzene rings is 3. The van der Waals surface area contributed by atoms with Crippen LogP contribution in [-0.4, -0.2) is 41.0 Å². The van der Waals surface area contributed by atoms with Gasteiger partial charge in [-0.15, -0.1) is 0 Å². The lowest BCUT2D eigenvalue weighted by Gasteiger charge is -2.36. The molecule has 3 unspecified atom stereocenters. The highest BCUT2D eigenvalue weighted by molar-refractivity contribution is 6.00. The van der Waals surface area contributed by atoms with Crippen molar-refractivity contribution < 1.29 is 19.1 Å². The molecule has 0 aliphatic heterocycles. The monoisotopic (exact) mass is 531 g/mol. The first-order valence-corrected chi connectivity index (χ1v) is 13.7. The minimum Gasteiger partial charge on any atom is -0.444 e. The van der Waals surface area contributed by atoms with E-state index in [0.29, 0.717) is 30.6 Å². The maximum atomic E-state index is 14.2. The highest BCUT2D eigenvalue weighted by Crippen LogP contribution is 2.27. The van der Waals surface area contributed by atoms with Crippen LogP contribution >= 0.6 is 0 Å². The van der Waals surface area contributed by atoms with Crippen LogP contribution < -0.4 is 10.6 Å². The summed E-state index contributed by atoms with van der Waals surface area (Å²) in [4.78, 5) is 42.4. The lowest BCUT2D eigenvalue weighted by molar-refractivity contribution is -0.141. The Labute approximate surface area is 231 Å². The number of hydrogen-bond donors (Lipinski definition) is 2. The predicted molar refractivity (Wildman–Crippen MR) is 156 cm³/mol. The van der Waals surface area contributed by atoms with Gasteiger partial charge in [0.15, 0.2) is 0 Å². The van der Waals surface area contributed by atoms with E-state index in [4.69, 9.17) is 4.74 Å². The van der Waals surface area contributed by atoms with Crippen LogP contribution in [0.2, 0.25) is 0 Å². The number of ether oxygens (including phenoxy) is 1. The number of fused-ring (bicyclic) bond motifs is 1. The van der Waals surface area contributed by atoms with E-state index in [1.165, 1.54) is 0 Å². The Morgan fingerprint density at radius 3 is 2.15 bits per heavy atom. The van der Waals surface area contributed by atoms with Gasteiger partial charge in [-0.1, -0.05) is 87.9 Å². The Kier molecular flexibility index (Phi) is 10.1. The number of amides is 3. The number of rotatable bonds is 10. The molecule has 0 fully saturated rings. The average Bonchev–Trinajstić information content (AvgIpc) is 2.90. The Balaban J connectivity index is 1.98. The van der Waals surface area contributed by atoms with Crippen molar-refractivity contribution in [3.05, 3.63) is 78.4 Å². The molecule has 0 saturated heterocycles. The summed E-state index contributed by atoms with van der Waals surface area (Å²) in [7, 11) is 0. The molecule has 7 nitrogen and oxygen atoms in total. The molecular formula is C32H41N3O4. The van der Waals surface area contributed by atoms with Crippen molar-refractivity contribution in [2.45, 2.75) is 72.1 Å². The summed E-state index contributed by atoms with van der Waals surface area (Å²) in [6.45, 7) is 11.5. The zero-order valence-corrected chi connectivity index (χ0v) is 23.9. The smallest absolute Gasteiger partial charge is 0.408 e. The lowest BCUT2D eigenvalue weighted by Crippen LogP contribution is -2.54. The molecule has 3 aromatic carbocycles. The summed E-state index contributed by atoms with van der Waals surface area (Å²) in [5.74, 6) is -0.817. The molecule has 2 N–H and O–H groups in total. The fourth-order valence-corrected chi connectivity index (χ4v) is 4.49. The number of carbonyl (C=O) groups is 3. The van der Waals surface area contributed by atoms with Gasteiger partial charge in [-0.3, -0.25) is 9.59 Å². The van der Waals surface area contributed by atoms with Crippen molar-refractivity contribution >= 4 is 34.4 Å². The molecule has 0 aliphatic rings. The Morgan fingerprint density at radius 2 is 1.54 bits per heavy atom. The normalized spacial score (nSPS) is 13.7. The van der Waals surface area contributed by atoms with Gasteiger partial charge in [-0.05, 0) is 61.6 Å². The Bertz CT molecular complexity index is 1270. The van der Waals surface area contributed by atoms with Crippen LogP contribution in [0.5, 0.6) is 0 Å². The van der Waals surface area contributed by atoms with E-state index in [-0.39, 0.29) is 17.7 Å². The number of hydrogen-bond acceptors (Lipinski definition) is 4. The maximum Gasteiger partial charge on any atom is 0.408 e. The molecule has 3 atom stereocenters. The quantitative estimate of drug-likeness (QED) is 0.305. The molecule has 7 heteroatoms. The SMILES string of the molecule is CCCN(C(=O)C(NC(=O)OC(C)(C)C)C(C)CC)C(C(=O)Nc1ccc2ccccc2c1)c1ccccc1. The first kappa shape index (κ1) is 29.7. The Morgan fingerprint density at radius 1 is 0.897 bits per heavy atom. The molecule has 3 rings (SSSR count). The topological polar surface area (TPSA) is 87.7 Å². The summed E-state index contributed by atoms with van der Waals surface area (Å²) in [5, 5.41) is 7.91. The molecule has 0 aliphatic carbocycles. The van der Waals surface area contributed by atoms with Gasteiger partial charge in [0.25, 0.3) is 5.91 Å². The predicted octanol–water partition coefficient (Wildman–Crippen LogP) is 6.70. The van der Waals surface area contributed by atoms with Crippen LogP contribution in [0, 0.1) is 5.92 Å². The fraction of sp³-hybridized carbons (Fsp3) is 0.406. The molecule has 208 valence electrons. The molecule has 3 aromatic rings. The van der Waals surface area contributed by atoms with Crippen LogP contribution in [0.3, 0.4) is 0 Å². The number of nitrogens with one attached hydrogen (secondary N) is 2. The van der Waals surface area contributed by atoms with Gasteiger partial charge in [0, 0.05) is 12.2 Å². The van der Waals surface area contributed by atoms with E-state index in [9.17, 15) is 14.4 Å². The van der Waals surface area contributed by atoms with Crippen molar-refractivity contribution in [3.8, 4) is 0 Å². The van der Waals surface area contributed by atoms with Gasteiger partial charge in [0.05, 0.1) is 0 Å². The number of anilines is 1. The number of alkyl carbamates (subject to hydrolysis) is 1. The second kappa shape index (κ2) is 13.3. The summed E-state index contributed by atoms with van der Waals surface area (Å²) in [6, 6.07) is 21.2. The average molecular weight is 532 g/mol. The molecule has 0 bridgehead atoms. The van der Waals surface area contributed by atoms with Gasteiger partial charge in [0.1, 0.15) is 17.7 Å². The molecule has 39 heavy (non-hydrogen) atoms. The highest BCUT2D eigenvalue weighted by Gasteiger charge is 2.37. The fourth-order valence-electron chi connectivity index (χ4n) is 4.49. The van der Waals surface area contributed by atoms with E-state index >= 15 is 0 Å². The second-order valence-corrected chi connectivity index (χ2v) is 10.9. The molecule has 0 spiro atoms. The largest absolute Gasteiger partial charge is 0.444 e. The van der Waals surface area contributed by atoms with Crippen molar-refractivity contribution in [1.29, 1.82) is 0 Å². The molecule has 3 amide bonds. The molecule has 0 aromatic heterocycles. The van der Waals surface area contributed by atoms with Gasteiger partial charge < -0.3 is 20.3 Å². The minimum absolute atomic E-state index is 0.177. The first-order chi connectivity index (χ1) is 18.5. The first-order valence-electron chi connectivity index (χ1n) is 13.7. The van der Waals surface area contributed by atoms with Gasteiger partial charge in [-0.25, -0.2) is 4.79 Å². The molecule has 0 radical (unpaired) electrons. The van der Waals surface area contributed by atoms with Crippen molar-refractivity contribution in [2.24, 2.45) is 5.92 Å². The van der Waals surface area contributed by atoms with Gasteiger partial charge in [0.2, 0.25) is 5.91 Å². The van der Waals surface area contributed by atoms with Gasteiger partial charge in [-0.2, -0.15) is 0 Å². The van der Waals surface area contributed by atoms with Crippen molar-refractivity contribution in [2.75, 3.05) is 11.9 Å². The number of nitrogens with zero attached hydrogens (tertiary/aromatic N) is 1. The van der Waals surface area contributed by atoms with Crippen molar-refractivity contribution in [3.63, 3.8) is 0 Å². The lowest BCUT2D eigenvalue weighted by atomic mass is 9.95. The van der Waals surface area contributed by atoms with Crippen LogP contribution in [0.25, 0.3) is 10.8 Å². The third-order valence-corrected chi connectivity index (χ3v) is 6.59. The second-order valence-electron chi connectivity index (χ2n) is 10.9. The highest BCUT2D eigenvalue weighted by atomic mass is 16.6. The molecule has 0 saturated carbocycles. The van der Waals surface area contributed by atoms with Crippen LogP contribution in [0.1, 0.15) is 66.0 Å². The van der Waals surface area contributed by atoms with Crippen LogP contribution in [0.15, 0.2) is 72.8 Å². The van der Waals surface area contributed by atoms with E-state index in [1.54, 1.807) is 25.7 Å². The summed E-state index contributed by atoms with van der Waals surface area (Å²) >= 11 is 0. The number of carbonyl (C=O) groups excluding carboxylic acids is 3. The summed E-state index contributed by atoms with van der Waals surface area (Å²) in [5.41, 5.74) is 0.634. The summed E-state index contributed by atoms with van der Waals surface area (Å²) < 4.78 is 5.46. The van der Waals surface area contributed by atoms with Crippen LogP contribution in [0.4, 0.5) is 10.5 Å². The zero-order chi connectivity index (χ0) is 28.6. The van der Waals surface area contributed by atoms with Gasteiger partial charge >= 0.3 is 6.09 Å². The third kappa shape index (κ3) is 8.06.